The Kier molecular flexibility index (Phi) is 6.48. The van der Waals surface area contributed by atoms with Gasteiger partial charge in [0.1, 0.15) is 11.4 Å². The molecule has 0 bridgehead atoms. The summed E-state index contributed by atoms with van der Waals surface area (Å²) in [7, 11) is -3.24. The molecule has 2 N–H and O–H groups in total. The van der Waals surface area contributed by atoms with E-state index in [9.17, 15) is 8.42 Å². The molecule has 24 heavy (non-hydrogen) atoms. The third kappa shape index (κ3) is 6.30. The van der Waals surface area contributed by atoms with Crippen molar-refractivity contribution in [1.29, 1.82) is 0 Å². The predicted molar refractivity (Wildman–Crippen MR) is 98.2 cm³/mol. The van der Waals surface area contributed by atoms with Crippen molar-refractivity contribution in [3.8, 4) is 5.75 Å². The fourth-order valence-electron chi connectivity index (χ4n) is 2.57. The van der Waals surface area contributed by atoms with E-state index in [2.05, 4.69) is 28.8 Å². The topological polar surface area (TPSA) is 70.7 Å². The minimum Gasteiger partial charge on any atom is -0.488 e. The number of ether oxygens (including phenoxy) is 1. The molecule has 1 aromatic rings. The van der Waals surface area contributed by atoms with Crippen molar-refractivity contribution >= 4 is 15.7 Å². The van der Waals surface area contributed by atoms with Gasteiger partial charge in [0.15, 0.2) is 0 Å². The lowest BCUT2D eigenvalue weighted by Crippen LogP contribution is -2.45. The first kappa shape index (κ1) is 19.0. The number of benzene rings is 1. The highest BCUT2D eigenvalue weighted by atomic mass is 32.2. The fraction of sp³-hybridized carbons (Fsp3) is 0.647. The summed E-state index contributed by atoms with van der Waals surface area (Å²) in [5.74, 6) is 0.810. The zero-order valence-electron chi connectivity index (χ0n) is 14.8. The molecule has 0 atom stereocenters. The first-order chi connectivity index (χ1) is 11.3. The summed E-state index contributed by atoms with van der Waals surface area (Å²) in [6.45, 7) is 11.1. The van der Waals surface area contributed by atoms with Gasteiger partial charge in [0.05, 0.1) is 5.75 Å². The Balaban J connectivity index is 1.86. The average Bonchev–Trinajstić information content (AvgIpc) is 2.55. The average molecular weight is 356 g/mol. The van der Waals surface area contributed by atoms with Gasteiger partial charge in [-0.3, -0.25) is 4.72 Å². The van der Waals surface area contributed by atoms with Gasteiger partial charge in [-0.1, -0.05) is 0 Å². The quantitative estimate of drug-likeness (QED) is 0.745. The van der Waals surface area contributed by atoms with Crippen LogP contribution in [0.4, 0.5) is 5.69 Å². The van der Waals surface area contributed by atoms with Crippen LogP contribution in [0.25, 0.3) is 0 Å². The van der Waals surface area contributed by atoms with Crippen molar-refractivity contribution in [1.82, 2.24) is 10.2 Å². The third-order valence-corrected chi connectivity index (χ3v) is 5.45. The van der Waals surface area contributed by atoms with Gasteiger partial charge in [0.25, 0.3) is 0 Å². The molecule has 1 aromatic carbocycles. The first-order valence-electron chi connectivity index (χ1n) is 8.52. The zero-order chi connectivity index (χ0) is 17.6. The summed E-state index contributed by atoms with van der Waals surface area (Å²) in [5, 5.41) is 3.36. The van der Waals surface area contributed by atoms with Gasteiger partial charge in [-0.2, -0.15) is 0 Å². The van der Waals surface area contributed by atoms with Gasteiger partial charge in [-0.25, -0.2) is 8.42 Å². The molecule has 0 spiro atoms. The second-order valence-electron chi connectivity index (χ2n) is 6.73. The number of nitrogens with one attached hydrogen (secondary N) is 2. The van der Waals surface area contributed by atoms with E-state index in [0.717, 1.165) is 44.9 Å². The van der Waals surface area contributed by atoms with Crippen molar-refractivity contribution in [2.45, 2.75) is 32.8 Å². The van der Waals surface area contributed by atoms with E-state index in [1.807, 2.05) is 0 Å². The number of anilines is 1. The molecule has 0 saturated carbocycles. The summed E-state index contributed by atoms with van der Waals surface area (Å²) in [6, 6.07) is 7.07. The molecule has 0 unspecified atom stereocenters. The van der Waals surface area contributed by atoms with Crippen molar-refractivity contribution in [2.75, 3.05) is 43.2 Å². The molecule has 0 aliphatic carbocycles. The van der Waals surface area contributed by atoms with Crippen LogP contribution in [0.1, 0.15) is 27.2 Å². The monoisotopic (exact) mass is 355 g/mol. The Morgan fingerprint density at radius 2 is 1.83 bits per heavy atom. The van der Waals surface area contributed by atoms with E-state index in [1.54, 1.807) is 31.2 Å². The number of rotatable bonds is 8. The lowest BCUT2D eigenvalue weighted by Gasteiger charge is -2.32. The third-order valence-electron chi connectivity index (χ3n) is 4.14. The lowest BCUT2D eigenvalue weighted by molar-refractivity contribution is 0.0809. The van der Waals surface area contributed by atoms with Crippen LogP contribution in [-0.2, 0) is 10.0 Å². The molecule has 136 valence electrons. The highest BCUT2D eigenvalue weighted by molar-refractivity contribution is 7.92. The second kappa shape index (κ2) is 8.18. The van der Waals surface area contributed by atoms with Gasteiger partial charge in [0.2, 0.25) is 10.0 Å². The van der Waals surface area contributed by atoms with E-state index in [-0.39, 0.29) is 11.4 Å². The molecule has 6 nitrogen and oxygen atoms in total. The van der Waals surface area contributed by atoms with Crippen molar-refractivity contribution < 1.29 is 13.2 Å². The number of hydrogen-bond acceptors (Lipinski definition) is 5. The molecule has 1 heterocycles. The van der Waals surface area contributed by atoms with Crippen LogP contribution >= 0.6 is 0 Å². The van der Waals surface area contributed by atoms with Gasteiger partial charge in [0, 0.05) is 38.4 Å². The van der Waals surface area contributed by atoms with E-state index in [4.69, 9.17) is 4.74 Å². The Labute approximate surface area is 145 Å². The molecule has 1 fully saturated rings. The summed E-state index contributed by atoms with van der Waals surface area (Å²) in [6.07, 6.45) is 0.942. The summed E-state index contributed by atoms with van der Waals surface area (Å²) >= 11 is 0. The van der Waals surface area contributed by atoms with E-state index in [1.165, 1.54) is 0 Å². The molecule has 2 rings (SSSR count). The van der Waals surface area contributed by atoms with Gasteiger partial charge in [-0.15, -0.1) is 0 Å². The molecular formula is C17H29N3O3S. The SMILES string of the molecule is CCS(=O)(=O)Nc1ccc(OC(C)(C)CCN2CCNCC2)cc1. The normalized spacial score (nSPS) is 16.8. The van der Waals surface area contributed by atoms with Crippen LogP contribution in [0.3, 0.4) is 0 Å². The predicted octanol–water partition coefficient (Wildman–Crippen LogP) is 1.90. The molecule has 0 radical (unpaired) electrons. The highest BCUT2D eigenvalue weighted by Crippen LogP contribution is 2.23. The van der Waals surface area contributed by atoms with Crippen molar-refractivity contribution in [3.63, 3.8) is 0 Å². The Morgan fingerprint density at radius 1 is 1.21 bits per heavy atom. The molecule has 1 aliphatic heterocycles. The highest BCUT2D eigenvalue weighted by Gasteiger charge is 2.22. The molecular weight excluding hydrogens is 326 g/mol. The summed E-state index contributed by atoms with van der Waals surface area (Å²) in [4.78, 5) is 2.45. The maximum atomic E-state index is 11.6. The van der Waals surface area contributed by atoms with E-state index >= 15 is 0 Å². The summed E-state index contributed by atoms with van der Waals surface area (Å²) in [5.41, 5.74) is 0.290. The zero-order valence-corrected chi connectivity index (χ0v) is 15.7. The van der Waals surface area contributed by atoms with Crippen LogP contribution in [-0.4, -0.2) is 57.4 Å². The molecule has 1 aliphatic rings. The van der Waals surface area contributed by atoms with Gasteiger partial charge < -0.3 is 15.0 Å². The van der Waals surface area contributed by atoms with Crippen molar-refractivity contribution in [2.24, 2.45) is 0 Å². The van der Waals surface area contributed by atoms with Gasteiger partial charge in [-0.05, 0) is 51.5 Å². The van der Waals surface area contributed by atoms with Crippen LogP contribution in [0.5, 0.6) is 5.75 Å². The molecule has 0 amide bonds. The lowest BCUT2D eigenvalue weighted by atomic mass is 10.0. The van der Waals surface area contributed by atoms with E-state index < -0.39 is 10.0 Å². The maximum absolute atomic E-state index is 11.6. The minimum atomic E-state index is -3.24. The Morgan fingerprint density at radius 3 is 2.42 bits per heavy atom. The maximum Gasteiger partial charge on any atom is 0.232 e. The number of piperazine rings is 1. The molecule has 0 aromatic heterocycles. The second-order valence-corrected chi connectivity index (χ2v) is 8.74. The number of hydrogen-bond donors (Lipinski definition) is 2. The fourth-order valence-corrected chi connectivity index (χ4v) is 3.21. The largest absolute Gasteiger partial charge is 0.488 e. The van der Waals surface area contributed by atoms with Crippen LogP contribution in [0, 0.1) is 0 Å². The first-order valence-corrected chi connectivity index (χ1v) is 10.2. The van der Waals surface area contributed by atoms with Crippen LogP contribution < -0.4 is 14.8 Å². The van der Waals surface area contributed by atoms with E-state index in [0.29, 0.717) is 5.69 Å². The molecule has 7 heteroatoms. The Hall–Kier alpha value is -1.31. The smallest absolute Gasteiger partial charge is 0.232 e. The Bertz CT molecular complexity index is 608. The standard InChI is InChI=1S/C17H29N3O3S/c1-4-24(21,22)19-15-5-7-16(8-6-15)23-17(2,3)9-12-20-13-10-18-11-14-20/h5-8,18-19H,4,9-14H2,1-3H3. The number of nitrogens with zero attached hydrogens (tertiary/aromatic N) is 1. The number of sulfonamides is 1. The van der Waals surface area contributed by atoms with Gasteiger partial charge >= 0.3 is 0 Å². The minimum absolute atomic E-state index is 0.0598. The summed E-state index contributed by atoms with van der Waals surface area (Å²) < 4.78 is 31.7. The van der Waals surface area contributed by atoms with Crippen molar-refractivity contribution in [3.05, 3.63) is 24.3 Å². The van der Waals surface area contributed by atoms with Crippen LogP contribution in [0.15, 0.2) is 24.3 Å². The van der Waals surface area contributed by atoms with Crippen LogP contribution in [0.2, 0.25) is 0 Å². The molecule has 1 saturated heterocycles.